The van der Waals surface area contributed by atoms with Crippen LogP contribution in [-0.2, 0) is 12.7 Å². The molecule has 0 radical (unpaired) electrons. The second kappa shape index (κ2) is 11.4. The van der Waals surface area contributed by atoms with Crippen molar-refractivity contribution in [1.82, 2.24) is 24.8 Å². The van der Waals surface area contributed by atoms with Crippen LogP contribution >= 0.6 is 0 Å². The van der Waals surface area contributed by atoms with Gasteiger partial charge in [-0.25, -0.2) is 14.8 Å². The fourth-order valence-electron chi connectivity index (χ4n) is 4.92. The van der Waals surface area contributed by atoms with Crippen molar-refractivity contribution in [3.63, 3.8) is 0 Å². The number of rotatable bonds is 8. The van der Waals surface area contributed by atoms with Gasteiger partial charge in [0.25, 0.3) is 0 Å². The Kier molecular flexibility index (Phi) is 7.74. The van der Waals surface area contributed by atoms with Gasteiger partial charge in [0.2, 0.25) is 5.88 Å². The van der Waals surface area contributed by atoms with Gasteiger partial charge >= 0.3 is 12.2 Å². The molecule has 40 heavy (non-hydrogen) atoms. The number of likely N-dealkylation sites (N-methyl/N-ethyl adjacent to an activating group) is 1. The molecular weight excluding hydrogens is 521 g/mol. The highest BCUT2D eigenvalue weighted by molar-refractivity contribution is 5.98. The summed E-state index contributed by atoms with van der Waals surface area (Å²) in [5, 5.41) is 6.56. The van der Waals surface area contributed by atoms with Crippen molar-refractivity contribution in [2.75, 3.05) is 18.4 Å². The first-order chi connectivity index (χ1) is 19.2. The maximum atomic E-state index is 13.0. The zero-order chi connectivity index (χ0) is 28.3. The topological polar surface area (TPSA) is 84.3 Å². The van der Waals surface area contributed by atoms with Crippen LogP contribution in [-0.4, -0.2) is 44.6 Å². The highest BCUT2D eigenvalue weighted by atomic mass is 19.4. The number of benzene rings is 2. The smallest absolute Gasteiger partial charge is 0.416 e. The van der Waals surface area contributed by atoms with Crippen LogP contribution in [0.15, 0.2) is 79.4 Å². The molecule has 208 valence electrons. The zero-order valence-electron chi connectivity index (χ0n) is 21.9. The molecule has 5 rings (SSSR count). The van der Waals surface area contributed by atoms with Crippen LogP contribution < -0.4 is 15.4 Å². The highest BCUT2D eigenvalue weighted by Gasteiger charge is 2.30. The van der Waals surface area contributed by atoms with Crippen molar-refractivity contribution in [2.24, 2.45) is 0 Å². The maximum Gasteiger partial charge on any atom is 0.416 e. The monoisotopic (exact) mass is 550 g/mol. The van der Waals surface area contributed by atoms with Gasteiger partial charge in [-0.15, -0.1) is 0 Å². The molecule has 2 aromatic carbocycles. The molecular formula is C29H29F3N6O2. The molecule has 1 aliphatic heterocycles. The number of carbonyl (C=O) groups excluding carboxylic acids is 1. The van der Waals surface area contributed by atoms with Gasteiger partial charge in [-0.1, -0.05) is 12.6 Å². The molecule has 0 bridgehead atoms. The van der Waals surface area contributed by atoms with Crippen LogP contribution in [0.4, 0.5) is 23.7 Å². The van der Waals surface area contributed by atoms with E-state index < -0.39 is 17.8 Å². The maximum absolute atomic E-state index is 13.0. The van der Waals surface area contributed by atoms with Gasteiger partial charge in [0, 0.05) is 48.2 Å². The van der Waals surface area contributed by atoms with Crippen molar-refractivity contribution in [3.05, 3.63) is 90.7 Å². The number of likely N-dealkylation sites (tertiary alicyclic amines) is 1. The minimum atomic E-state index is -4.50. The minimum absolute atomic E-state index is 0.0485. The standard InChI is InChI=1S/C29H29F3N6O2/c1-3-33-19(2)25-8-5-12-37(25)17-23-16-27(35-18-34-23)40-24-9-10-26-20(14-24)11-13-38(26)28(39)36-22-7-4-6-21(15-22)29(30,31)32/h4,6-7,9-11,13-16,18,25,33H,2-3,5,8,12,17H2,1H3,(H,36,39)/t25-/m0/s1. The molecule has 1 saturated heterocycles. The number of nitrogens with one attached hydrogen (secondary N) is 2. The second-order valence-electron chi connectivity index (χ2n) is 9.55. The number of alkyl halides is 3. The second-order valence-corrected chi connectivity index (χ2v) is 9.55. The van der Waals surface area contributed by atoms with E-state index in [4.69, 9.17) is 4.74 Å². The van der Waals surface area contributed by atoms with Gasteiger partial charge in [-0.2, -0.15) is 13.2 Å². The highest BCUT2D eigenvalue weighted by Crippen LogP contribution is 2.31. The lowest BCUT2D eigenvalue weighted by molar-refractivity contribution is -0.137. The Morgan fingerprint density at radius 3 is 2.80 bits per heavy atom. The van der Waals surface area contributed by atoms with E-state index in [9.17, 15) is 18.0 Å². The van der Waals surface area contributed by atoms with Crippen LogP contribution in [0, 0.1) is 0 Å². The number of fused-ring (bicyclic) bond motifs is 1. The van der Waals surface area contributed by atoms with Gasteiger partial charge in [-0.3, -0.25) is 9.47 Å². The molecule has 11 heteroatoms. The fraction of sp³-hybridized carbons (Fsp3) is 0.276. The summed E-state index contributed by atoms with van der Waals surface area (Å²) in [6.45, 7) is 8.69. The Labute approximate surface area is 229 Å². The molecule has 0 saturated carbocycles. The Morgan fingerprint density at radius 1 is 1.15 bits per heavy atom. The largest absolute Gasteiger partial charge is 0.439 e. The van der Waals surface area contributed by atoms with E-state index in [-0.39, 0.29) is 11.7 Å². The molecule has 0 aliphatic carbocycles. The molecule has 3 heterocycles. The zero-order valence-corrected chi connectivity index (χ0v) is 21.9. The normalized spacial score (nSPS) is 15.8. The van der Waals surface area contributed by atoms with Crippen molar-refractivity contribution in [1.29, 1.82) is 0 Å². The number of aromatic nitrogens is 3. The van der Waals surface area contributed by atoms with Crippen LogP contribution in [0.3, 0.4) is 0 Å². The van der Waals surface area contributed by atoms with Crippen molar-refractivity contribution >= 4 is 22.6 Å². The molecule has 1 amide bonds. The number of ether oxygens (including phenoxy) is 1. The van der Waals surface area contributed by atoms with Gasteiger partial charge in [0.15, 0.2) is 0 Å². The van der Waals surface area contributed by atoms with E-state index in [1.165, 1.54) is 23.0 Å². The Morgan fingerprint density at radius 2 is 2.00 bits per heavy atom. The van der Waals surface area contributed by atoms with E-state index in [1.807, 2.05) is 6.07 Å². The first-order valence-corrected chi connectivity index (χ1v) is 13.0. The number of carbonyl (C=O) groups is 1. The number of hydrogen-bond donors (Lipinski definition) is 2. The first kappa shape index (κ1) is 27.2. The predicted molar refractivity (Wildman–Crippen MR) is 146 cm³/mol. The third kappa shape index (κ3) is 6.09. The molecule has 2 N–H and O–H groups in total. The summed E-state index contributed by atoms with van der Waals surface area (Å²) < 4.78 is 46.4. The minimum Gasteiger partial charge on any atom is -0.439 e. The van der Waals surface area contributed by atoms with Crippen LogP contribution in [0.2, 0.25) is 0 Å². The lowest BCUT2D eigenvalue weighted by atomic mass is 10.1. The van der Waals surface area contributed by atoms with Crippen molar-refractivity contribution in [2.45, 2.75) is 38.5 Å². The molecule has 0 unspecified atom stereocenters. The summed E-state index contributed by atoms with van der Waals surface area (Å²) in [5.41, 5.74) is 1.64. The van der Waals surface area contributed by atoms with Crippen molar-refractivity contribution in [3.8, 4) is 11.6 Å². The number of hydrogen-bond acceptors (Lipinski definition) is 6. The number of anilines is 1. The summed E-state index contributed by atoms with van der Waals surface area (Å²) in [7, 11) is 0. The van der Waals surface area contributed by atoms with E-state index in [1.54, 1.807) is 30.5 Å². The van der Waals surface area contributed by atoms with Gasteiger partial charge in [0.1, 0.15) is 12.1 Å². The molecule has 1 aliphatic rings. The third-order valence-corrected chi connectivity index (χ3v) is 6.78. The van der Waals surface area contributed by atoms with Crippen LogP contribution in [0.1, 0.15) is 31.0 Å². The van der Waals surface area contributed by atoms with Crippen LogP contribution in [0.5, 0.6) is 11.6 Å². The van der Waals surface area contributed by atoms with Crippen LogP contribution in [0.25, 0.3) is 10.9 Å². The third-order valence-electron chi connectivity index (χ3n) is 6.78. The lowest BCUT2D eigenvalue weighted by Crippen LogP contribution is -2.35. The SMILES string of the molecule is C=C(NCC)[C@@H]1CCCN1Cc1cc(Oc2ccc3c(ccn3C(=O)Nc3cccc(C(F)(F)F)c3)c2)ncn1. The Hall–Kier alpha value is -4.38. The molecule has 1 atom stereocenters. The van der Waals surface area contributed by atoms with E-state index >= 15 is 0 Å². The Bertz CT molecular complexity index is 1530. The lowest BCUT2D eigenvalue weighted by Gasteiger charge is -2.26. The number of halogens is 3. The van der Waals surface area contributed by atoms with Crippen molar-refractivity contribution < 1.29 is 22.7 Å². The number of amides is 1. The van der Waals surface area contributed by atoms with Gasteiger partial charge in [-0.05, 0) is 68.8 Å². The van der Waals surface area contributed by atoms with E-state index in [2.05, 4.69) is 39.0 Å². The average molecular weight is 551 g/mol. The predicted octanol–water partition coefficient (Wildman–Crippen LogP) is 6.41. The summed E-state index contributed by atoms with van der Waals surface area (Å²) in [6, 6.07) is 12.9. The summed E-state index contributed by atoms with van der Waals surface area (Å²) in [5.74, 6) is 0.917. The molecule has 0 spiro atoms. The summed E-state index contributed by atoms with van der Waals surface area (Å²) in [4.78, 5) is 23.8. The fourth-order valence-corrected chi connectivity index (χ4v) is 4.92. The molecule has 4 aromatic rings. The molecule has 1 fully saturated rings. The van der Waals surface area contributed by atoms with Gasteiger partial charge in [0.05, 0.1) is 16.8 Å². The van der Waals surface area contributed by atoms with E-state index in [0.29, 0.717) is 29.1 Å². The first-order valence-electron chi connectivity index (χ1n) is 13.0. The van der Waals surface area contributed by atoms with E-state index in [0.717, 1.165) is 49.5 Å². The molecule has 2 aromatic heterocycles. The Balaban J connectivity index is 1.27. The quantitative estimate of drug-likeness (QED) is 0.264. The molecule has 8 nitrogen and oxygen atoms in total. The average Bonchev–Trinajstić information content (AvgIpc) is 3.56. The summed E-state index contributed by atoms with van der Waals surface area (Å²) >= 11 is 0. The number of nitrogens with zero attached hydrogens (tertiary/aromatic N) is 4. The summed E-state index contributed by atoms with van der Waals surface area (Å²) in [6.07, 6.45) is 0.675. The van der Waals surface area contributed by atoms with Gasteiger partial charge < -0.3 is 15.4 Å².